The number of hydrogen-bond acceptors (Lipinski definition) is 12. The zero-order valence-electron chi connectivity index (χ0n) is 42.2. The van der Waals surface area contributed by atoms with E-state index in [0.717, 1.165) is 85.7 Å². The lowest BCUT2D eigenvalue weighted by atomic mass is 9.96. The molecule has 0 bridgehead atoms. The predicted octanol–water partition coefficient (Wildman–Crippen LogP) is 5.73. The van der Waals surface area contributed by atoms with Crippen LogP contribution in [0, 0.1) is 11.7 Å². The highest BCUT2D eigenvalue weighted by atomic mass is 35.5. The summed E-state index contributed by atoms with van der Waals surface area (Å²) in [6, 6.07) is 24.0. The number of piperidine rings is 2. The van der Waals surface area contributed by atoms with E-state index in [0.29, 0.717) is 98.1 Å². The molecule has 3 fully saturated rings. The fraction of sp³-hybridized carbons (Fsp3) is 0.411. The van der Waals surface area contributed by atoms with Crippen LogP contribution in [0.1, 0.15) is 69.5 Å². The first-order chi connectivity index (χ1) is 36.9. The number of fused-ring (bicyclic) bond motifs is 2. The van der Waals surface area contributed by atoms with E-state index in [1.165, 1.54) is 16.8 Å². The number of carbonyl (C=O) groups is 5. The maximum atomic E-state index is 13.9. The molecule has 20 heteroatoms. The first kappa shape index (κ1) is 52.4. The van der Waals surface area contributed by atoms with Crippen molar-refractivity contribution in [2.75, 3.05) is 90.4 Å². The number of nitrogens with zero attached hydrogens (tertiary/aromatic N) is 6. The number of carbonyl (C=O) groups excluding carboxylic acids is 5. The van der Waals surface area contributed by atoms with Crippen LogP contribution in [-0.4, -0.2) is 155 Å². The summed E-state index contributed by atoms with van der Waals surface area (Å²) in [6.45, 7) is 7.71. The molecular weight excluding hydrogens is 997 g/mol. The molecule has 6 heterocycles. The second-order valence-electron chi connectivity index (χ2n) is 19.8. The average molecular weight is 1060 g/mol. The number of amides is 5. The molecule has 5 amide bonds. The maximum absolute atomic E-state index is 13.9. The molecule has 4 aliphatic rings. The minimum absolute atomic E-state index is 0.0116. The van der Waals surface area contributed by atoms with E-state index in [4.69, 9.17) is 25.8 Å². The van der Waals surface area contributed by atoms with E-state index in [9.17, 15) is 33.2 Å². The van der Waals surface area contributed by atoms with Gasteiger partial charge >= 0.3 is 0 Å². The van der Waals surface area contributed by atoms with Crippen LogP contribution in [0.25, 0.3) is 28.2 Å². The summed E-state index contributed by atoms with van der Waals surface area (Å²) >= 11 is 6.20. The van der Waals surface area contributed by atoms with Gasteiger partial charge in [-0.15, -0.1) is 0 Å². The largest absolute Gasteiger partial charge is 0.379 e. The molecule has 0 spiro atoms. The fourth-order valence-electron chi connectivity index (χ4n) is 10.6. The van der Waals surface area contributed by atoms with Gasteiger partial charge in [0.15, 0.2) is 0 Å². The number of aryl methyl sites for hydroxylation is 2. The number of imidazole rings is 1. The molecule has 398 valence electrons. The summed E-state index contributed by atoms with van der Waals surface area (Å²) in [5, 5.41) is 6.09. The number of hydrogen-bond donors (Lipinski definition) is 3. The Balaban J connectivity index is 0.583. The quantitative estimate of drug-likeness (QED) is 0.0585. The number of ether oxygens (including phenoxy) is 3. The number of piperazine rings is 1. The normalized spacial score (nSPS) is 17.6. The Labute approximate surface area is 443 Å². The lowest BCUT2D eigenvalue weighted by Gasteiger charge is -2.39. The Morgan fingerprint density at radius 3 is 2.17 bits per heavy atom. The zero-order chi connectivity index (χ0) is 52.7. The molecule has 1 unspecified atom stereocenters. The first-order valence-corrected chi connectivity index (χ1v) is 26.5. The summed E-state index contributed by atoms with van der Waals surface area (Å²) < 4.78 is 32.2. The Morgan fingerprint density at radius 2 is 1.42 bits per heavy atom. The maximum Gasteiger partial charge on any atom is 0.277 e. The van der Waals surface area contributed by atoms with Crippen LogP contribution in [0.4, 0.5) is 10.1 Å². The second kappa shape index (κ2) is 23.9. The molecule has 10 rings (SSSR count). The van der Waals surface area contributed by atoms with Crippen LogP contribution in [0.3, 0.4) is 0 Å². The van der Waals surface area contributed by atoms with E-state index >= 15 is 0 Å². The van der Waals surface area contributed by atoms with Crippen LogP contribution >= 0.6 is 11.6 Å². The molecule has 0 aliphatic carbocycles. The molecule has 76 heavy (non-hydrogen) atoms. The Hall–Kier alpha value is -7.03. The van der Waals surface area contributed by atoms with Crippen LogP contribution < -0.4 is 15.8 Å². The highest BCUT2D eigenvalue weighted by Crippen LogP contribution is 2.32. The van der Waals surface area contributed by atoms with Crippen molar-refractivity contribution in [3.8, 4) is 17.2 Å². The highest BCUT2D eigenvalue weighted by molar-refractivity contribution is 6.31. The van der Waals surface area contributed by atoms with Crippen molar-refractivity contribution >= 4 is 57.9 Å². The number of nitrogens with one attached hydrogen (secondary N) is 3. The number of likely N-dealkylation sites (tertiary alicyclic amines) is 1. The van der Waals surface area contributed by atoms with Crippen LogP contribution in [0.5, 0.6) is 0 Å². The number of anilines is 1. The van der Waals surface area contributed by atoms with E-state index in [1.807, 2.05) is 23.1 Å². The van der Waals surface area contributed by atoms with Crippen LogP contribution in [-0.2, 0) is 47.9 Å². The summed E-state index contributed by atoms with van der Waals surface area (Å²) in [5.41, 5.74) is 6.80. The Kier molecular flexibility index (Phi) is 16.5. The molecule has 1 atom stereocenters. The summed E-state index contributed by atoms with van der Waals surface area (Å²) in [5.74, 6) is -1.51. The van der Waals surface area contributed by atoms with Gasteiger partial charge < -0.3 is 29.0 Å². The number of benzene rings is 4. The summed E-state index contributed by atoms with van der Waals surface area (Å²) in [4.78, 5) is 92.8. The van der Waals surface area contributed by atoms with Gasteiger partial charge in [-0.25, -0.2) is 9.37 Å². The van der Waals surface area contributed by atoms with Crippen molar-refractivity contribution in [2.45, 2.75) is 57.4 Å². The molecular formula is C56H61ClFN9O9. The minimum Gasteiger partial charge on any atom is -0.379 e. The van der Waals surface area contributed by atoms with E-state index in [-0.39, 0.29) is 47.9 Å². The first-order valence-electron chi connectivity index (χ1n) is 26.1. The number of halogens is 2. The molecule has 6 aromatic rings. The fourth-order valence-corrected chi connectivity index (χ4v) is 10.7. The Morgan fingerprint density at radius 1 is 0.724 bits per heavy atom. The number of H-pyrrole nitrogens is 2. The highest BCUT2D eigenvalue weighted by Gasteiger charge is 2.45. The molecule has 3 saturated heterocycles. The van der Waals surface area contributed by atoms with Crippen molar-refractivity contribution in [1.82, 2.24) is 39.8 Å². The van der Waals surface area contributed by atoms with E-state index in [1.54, 1.807) is 42.5 Å². The smallest absolute Gasteiger partial charge is 0.277 e. The second-order valence-corrected chi connectivity index (χ2v) is 20.3. The minimum atomic E-state index is -0.990. The van der Waals surface area contributed by atoms with Crippen molar-refractivity contribution in [2.24, 2.45) is 5.92 Å². The molecule has 3 N–H and O–H groups in total. The predicted molar refractivity (Wildman–Crippen MR) is 282 cm³/mol. The molecule has 0 radical (unpaired) electrons. The van der Waals surface area contributed by atoms with Gasteiger partial charge in [-0.2, -0.15) is 4.68 Å². The third kappa shape index (κ3) is 12.1. The molecule has 2 aromatic heterocycles. The van der Waals surface area contributed by atoms with Gasteiger partial charge in [-0.3, -0.25) is 49.0 Å². The number of aromatic amines is 2. The third-order valence-corrected chi connectivity index (χ3v) is 15.1. The topological polar surface area (TPSA) is 205 Å². The van der Waals surface area contributed by atoms with Gasteiger partial charge in [0.1, 0.15) is 18.5 Å². The zero-order valence-corrected chi connectivity index (χ0v) is 43.0. The lowest BCUT2D eigenvalue weighted by Crippen LogP contribution is -2.54. The third-order valence-electron chi connectivity index (χ3n) is 14.8. The van der Waals surface area contributed by atoms with Gasteiger partial charge in [-0.05, 0) is 116 Å². The van der Waals surface area contributed by atoms with Gasteiger partial charge in [0.05, 0.1) is 54.3 Å². The van der Waals surface area contributed by atoms with Gasteiger partial charge in [0.2, 0.25) is 23.7 Å². The van der Waals surface area contributed by atoms with Crippen molar-refractivity contribution in [3.63, 3.8) is 0 Å². The van der Waals surface area contributed by atoms with Gasteiger partial charge in [0, 0.05) is 75.1 Å². The molecule has 18 nitrogen and oxygen atoms in total. The van der Waals surface area contributed by atoms with E-state index < -0.39 is 29.7 Å². The standard InChI is InChI=1S/C56H61ClFN9O9/c57-40-10-16-46-47(32-40)60-56(59-46)67-55(73)44(14-7-37-5-11-41(58)12-6-37)51(62-67)39-8-3-36(4-9-39)2-1-27-74-28-29-75-30-31-76-35-50(69)65-21-19-38(20-22-65)34-63-23-25-64(26-24-63)42-13-15-43-45(33-42)54(72)66(53(43)71)48-17-18-49(68)61-52(48)70/h3-6,8-13,15-16,32-33,38,48,62H,1-2,7,14,17-31,34-35H2,(H,59,60)(H,61,68,70). The van der Waals surface area contributed by atoms with Crippen molar-refractivity contribution in [1.29, 1.82) is 0 Å². The summed E-state index contributed by atoms with van der Waals surface area (Å²) in [7, 11) is 0. The molecule has 4 aromatic carbocycles. The number of rotatable bonds is 21. The number of imide groups is 2. The van der Waals surface area contributed by atoms with Gasteiger partial charge in [-0.1, -0.05) is 48.0 Å². The van der Waals surface area contributed by atoms with Crippen LogP contribution in [0.2, 0.25) is 5.02 Å². The average Bonchev–Trinajstić information content (AvgIpc) is 4.12. The molecule has 0 saturated carbocycles. The molecule has 4 aliphatic heterocycles. The van der Waals surface area contributed by atoms with Crippen LogP contribution in [0.15, 0.2) is 89.7 Å². The Bertz CT molecular complexity index is 3140. The van der Waals surface area contributed by atoms with Gasteiger partial charge in [0.25, 0.3) is 17.4 Å². The number of aromatic nitrogens is 4. The van der Waals surface area contributed by atoms with Crippen molar-refractivity contribution in [3.05, 3.63) is 134 Å². The monoisotopic (exact) mass is 1060 g/mol. The van der Waals surface area contributed by atoms with E-state index in [2.05, 4.69) is 42.3 Å². The summed E-state index contributed by atoms with van der Waals surface area (Å²) in [6.07, 6.45) is 4.67. The van der Waals surface area contributed by atoms with Crippen molar-refractivity contribution < 1.29 is 42.6 Å². The lowest BCUT2D eigenvalue weighted by molar-refractivity contribution is -0.138. The SMILES string of the molecule is O=C1CCC(N2C(=O)c3ccc(N4CCN(CC5CCN(C(=O)COCCOCCOCCCc6ccc(-c7[nH]n(-c8nc9ccc(Cl)cc9[nH]8)c(=O)c7CCc7ccc(F)cc7)cc6)CC5)CC4)cc3C2=O)C(=O)N1.